The number of nitro groups is 1. The second kappa shape index (κ2) is 8.47. The van der Waals surface area contributed by atoms with Gasteiger partial charge in [-0.15, -0.1) is 0 Å². The number of oxime groups is 1. The van der Waals surface area contributed by atoms with Crippen molar-refractivity contribution in [2.45, 2.75) is 13.0 Å². The zero-order valence-electron chi connectivity index (χ0n) is 14.1. The summed E-state index contributed by atoms with van der Waals surface area (Å²) in [7, 11) is 1.54. The number of ether oxygens (including phenoxy) is 2. The number of nitrogens with two attached hydrogens (primary N) is 1. The normalized spacial score (nSPS) is 12.2. The number of methoxy groups -OCH3 is 1. The molecule has 9 nitrogen and oxygen atoms in total. The Balaban J connectivity index is 1.94. The quantitative estimate of drug-likeness (QED) is 0.264. The molecule has 1 atom stereocenters. The van der Waals surface area contributed by atoms with Crippen molar-refractivity contribution in [2.24, 2.45) is 10.9 Å². The first-order chi connectivity index (χ1) is 12.4. The summed E-state index contributed by atoms with van der Waals surface area (Å²) in [5.41, 5.74) is 6.00. The van der Waals surface area contributed by atoms with Gasteiger partial charge in [0, 0.05) is 17.7 Å². The van der Waals surface area contributed by atoms with Crippen molar-refractivity contribution >= 4 is 17.5 Å². The van der Waals surface area contributed by atoms with Crippen LogP contribution in [0.3, 0.4) is 0 Å². The molecule has 0 heterocycles. The van der Waals surface area contributed by atoms with Crippen LogP contribution in [0.1, 0.15) is 12.5 Å². The zero-order chi connectivity index (χ0) is 19.1. The van der Waals surface area contributed by atoms with Crippen molar-refractivity contribution < 1.29 is 24.0 Å². The standard InChI is InChI=1S/C17H17N3O6/c1-11(25-15-9-7-14(24-2)8-10-15)17(21)26-19-16(18)12-3-5-13(6-4-12)20(22)23/h3-11H,1-2H3,(H2,18,19)/t11-/m1/s1. The lowest BCUT2D eigenvalue weighted by molar-refractivity contribution is -0.384. The Hall–Kier alpha value is -3.62. The minimum Gasteiger partial charge on any atom is -0.497 e. The Morgan fingerprint density at radius 1 is 1.12 bits per heavy atom. The monoisotopic (exact) mass is 359 g/mol. The van der Waals surface area contributed by atoms with Gasteiger partial charge in [0.15, 0.2) is 11.9 Å². The zero-order valence-corrected chi connectivity index (χ0v) is 14.1. The number of rotatable bonds is 7. The van der Waals surface area contributed by atoms with E-state index < -0.39 is 17.0 Å². The SMILES string of the molecule is COc1ccc(O[C@H](C)C(=O)O/N=C(/N)c2ccc([N+](=O)[O-])cc2)cc1. The van der Waals surface area contributed by atoms with E-state index in [2.05, 4.69) is 5.16 Å². The highest BCUT2D eigenvalue weighted by molar-refractivity contribution is 5.97. The van der Waals surface area contributed by atoms with Crippen molar-refractivity contribution in [2.75, 3.05) is 7.11 Å². The number of hydrogen-bond acceptors (Lipinski definition) is 7. The van der Waals surface area contributed by atoms with Crippen molar-refractivity contribution in [3.63, 3.8) is 0 Å². The summed E-state index contributed by atoms with van der Waals surface area (Å²) in [6.45, 7) is 1.50. The van der Waals surface area contributed by atoms with Gasteiger partial charge in [0.1, 0.15) is 11.5 Å². The fourth-order valence-electron chi connectivity index (χ4n) is 1.88. The van der Waals surface area contributed by atoms with Gasteiger partial charge in [0.05, 0.1) is 12.0 Å². The number of non-ortho nitro benzene ring substituents is 1. The summed E-state index contributed by atoms with van der Waals surface area (Å²) in [5, 5.41) is 14.1. The molecule has 0 radical (unpaired) electrons. The molecule has 0 amide bonds. The van der Waals surface area contributed by atoms with Gasteiger partial charge < -0.3 is 20.0 Å². The summed E-state index contributed by atoms with van der Waals surface area (Å²) in [4.78, 5) is 26.8. The van der Waals surface area contributed by atoms with Crippen LogP contribution in [-0.2, 0) is 9.63 Å². The molecule has 0 spiro atoms. The molecule has 0 aromatic heterocycles. The second-order valence-corrected chi connectivity index (χ2v) is 5.13. The number of hydrogen-bond donors (Lipinski definition) is 1. The molecule has 0 bridgehead atoms. The second-order valence-electron chi connectivity index (χ2n) is 5.13. The minimum atomic E-state index is -0.920. The first-order valence-electron chi connectivity index (χ1n) is 7.50. The van der Waals surface area contributed by atoms with Crippen molar-refractivity contribution in [3.8, 4) is 11.5 Å². The van der Waals surface area contributed by atoms with Crippen LogP contribution in [0.25, 0.3) is 0 Å². The fourth-order valence-corrected chi connectivity index (χ4v) is 1.88. The van der Waals surface area contributed by atoms with E-state index in [9.17, 15) is 14.9 Å². The number of nitrogens with zero attached hydrogens (tertiary/aromatic N) is 2. The Labute approximate surface area is 149 Å². The van der Waals surface area contributed by atoms with E-state index in [1.807, 2.05) is 0 Å². The molecule has 0 aliphatic carbocycles. The molecule has 136 valence electrons. The fraction of sp³-hybridized carbons (Fsp3) is 0.176. The lowest BCUT2D eigenvalue weighted by Gasteiger charge is -2.12. The summed E-state index contributed by atoms with van der Waals surface area (Å²) >= 11 is 0. The Kier molecular flexibility index (Phi) is 6.10. The molecule has 9 heteroatoms. The molecular formula is C17H17N3O6. The maximum absolute atomic E-state index is 11.9. The van der Waals surface area contributed by atoms with Crippen molar-refractivity contribution in [1.82, 2.24) is 0 Å². The van der Waals surface area contributed by atoms with E-state index in [0.29, 0.717) is 17.1 Å². The van der Waals surface area contributed by atoms with E-state index in [0.717, 1.165) is 0 Å². The predicted octanol–water partition coefficient (Wildman–Crippen LogP) is 2.23. The first kappa shape index (κ1) is 18.7. The first-order valence-corrected chi connectivity index (χ1v) is 7.50. The highest BCUT2D eigenvalue weighted by Gasteiger charge is 2.17. The number of carbonyl (C=O) groups is 1. The third-order valence-corrected chi connectivity index (χ3v) is 3.31. The van der Waals surface area contributed by atoms with Gasteiger partial charge in [-0.3, -0.25) is 10.1 Å². The maximum atomic E-state index is 11.9. The summed E-state index contributed by atoms with van der Waals surface area (Å²) in [6, 6.07) is 12.0. The van der Waals surface area contributed by atoms with Gasteiger partial charge in [0.2, 0.25) is 0 Å². The van der Waals surface area contributed by atoms with Crippen LogP contribution in [0.5, 0.6) is 11.5 Å². The van der Waals surface area contributed by atoms with Crippen LogP contribution < -0.4 is 15.2 Å². The molecule has 0 aliphatic rings. The molecule has 2 aromatic rings. The Bertz CT molecular complexity index is 802. The highest BCUT2D eigenvalue weighted by Crippen LogP contribution is 2.18. The highest BCUT2D eigenvalue weighted by atomic mass is 16.7. The number of nitro benzene ring substituents is 1. The van der Waals surface area contributed by atoms with Crippen molar-refractivity contribution in [1.29, 1.82) is 0 Å². The largest absolute Gasteiger partial charge is 0.497 e. The summed E-state index contributed by atoms with van der Waals surface area (Å²) in [5.74, 6) is 0.284. The third-order valence-electron chi connectivity index (χ3n) is 3.31. The van der Waals surface area contributed by atoms with Crippen LogP contribution >= 0.6 is 0 Å². The topological polar surface area (TPSA) is 126 Å². The van der Waals surface area contributed by atoms with Crippen LogP contribution in [0.15, 0.2) is 53.7 Å². The molecule has 2 rings (SSSR count). The van der Waals surface area contributed by atoms with Gasteiger partial charge in [-0.05, 0) is 43.3 Å². The molecule has 0 unspecified atom stereocenters. The van der Waals surface area contributed by atoms with Crippen LogP contribution in [-0.4, -0.2) is 29.9 Å². The van der Waals surface area contributed by atoms with E-state index in [1.165, 1.54) is 31.2 Å². The van der Waals surface area contributed by atoms with Crippen molar-refractivity contribution in [3.05, 3.63) is 64.2 Å². The Morgan fingerprint density at radius 3 is 2.23 bits per heavy atom. The number of benzene rings is 2. The third kappa shape index (κ3) is 4.94. The molecule has 0 saturated heterocycles. The number of carbonyl (C=O) groups excluding carboxylic acids is 1. The van der Waals surface area contributed by atoms with E-state index in [1.54, 1.807) is 31.4 Å². The molecule has 26 heavy (non-hydrogen) atoms. The average molecular weight is 359 g/mol. The van der Waals surface area contributed by atoms with Crippen LogP contribution in [0.4, 0.5) is 5.69 Å². The molecule has 2 N–H and O–H groups in total. The van der Waals surface area contributed by atoms with Gasteiger partial charge >= 0.3 is 5.97 Å². The molecular weight excluding hydrogens is 342 g/mol. The number of amidine groups is 1. The molecule has 0 aliphatic heterocycles. The smallest absolute Gasteiger partial charge is 0.374 e. The van der Waals surface area contributed by atoms with Gasteiger partial charge in [-0.2, -0.15) is 0 Å². The van der Waals surface area contributed by atoms with Crippen LogP contribution in [0.2, 0.25) is 0 Å². The van der Waals surface area contributed by atoms with Gasteiger partial charge in [-0.1, -0.05) is 5.16 Å². The predicted molar refractivity (Wildman–Crippen MR) is 93.0 cm³/mol. The maximum Gasteiger partial charge on any atom is 0.374 e. The minimum absolute atomic E-state index is 0.0833. The van der Waals surface area contributed by atoms with Gasteiger partial charge in [-0.25, -0.2) is 4.79 Å². The van der Waals surface area contributed by atoms with Gasteiger partial charge in [0.25, 0.3) is 5.69 Å². The summed E-state index contributed by atoms with van der Waals surface area (Å²) < 4.78 is 10.5. The Morgan fingerprint density at radius 2 is 1.69 bits per heavy atom. The summed E-state index contributed by atoms with van der Waals surface area (Å²) in [6.07, 6.45) is -0.920. The molecule has 0 fully saturated rings. The van der Waals surface area contributed by atoms with E-state index >= 15 is 0 Å². The average Bonchev–Trinajstić information content (AvgIpc) is 2.66. The van der Waals surface area contributed by atoms with Crippen LogP contribution in [0, 0.1) is 10.1 Å². The lowest BCUT2D eigenvalue weighted by atomic mass is 10.2. The van der Waals surface area contributed by atoms with E-state index in [-0.39, 0.29) is 11.5 Å². The van der Waals surface area contributed by atoms with E-state index in [4.69, 9.17) is 20.0 Å². The molecule has 2 aromatic carbocycles. The lowest BCUT2D eigenvalue weighted by Crippen LogP contribution is -2.26. The molecule has 0 saturated carbocycles.